The highest BCUT2D eigenvalue weighted by atomic mass is 19.1. The quantitative estimate of drug-likeness (QED) is 0.818. The number of amides is 2. The van der Waals surface area contributed by atoms with Gasteiger partial charge in [-0.1, -0.05) is 12.1 Å². The Hall–Kier alpha value is -2.90. The van der Waals surface area contributed by atoms with Gasteiger partial charge in [-0.3, -0.25) is 9.59 Å². The van der Waals surface area contributed by atoms with Gasteiger partial charge in [0.25, 0.3) is 5.91 Å². The van der Waals surface area contributed by atoms with E-state index in [4.69, 9.17) is 5.73 Å². The van der Waals surface area contributed by atoms with Gasteiger partial charge >= 0.3 is 0 Å². The molecular formula is C16H12F4N2O2. The van der Waals surface area contributed by atoms with Gasteiger partial charge in [0.1, 0.15) is 34.9 Å². The Morgan fingerprint density at radius 2 is 1.62 bits per heavy atom. The van der Waals surface area contributed by atoms with Crippen molar-refractivity contribution in [1.82, 2.24) is 5.32 Å². The molecule has 1 atom stereocenters. The molecule has 0 aromatic heterocycles. The maximum Gasteiger partial charge on any atom is 0.257 e. The fraction of sp³-hybridized carbons (Fsp3) is 0.125. The lowest BCUT2D eigenvalue weighted by molar-refractivity contribution is -0.119. The van der Waals surface area contributed by atoms with E-state index >= 15 is 0 Å². The van der Waals surface area contributed by atoms with Crippen molar-refractivity contribution in [2.24, 2.45) is 5.73 Å². The SMILES string of the molecule is NC(=O)[C@@H](Cc1cccc(F)c1)NC(=O)c1c(F)cc(F)cc1F. The Morgan fingerprint density at radius 1 is 1.00 bits per heavy atom. The molecule has 2 rings (SSSR count). The van der Waals surface area contributed by atoms with Crippen LogP contribution in [0.25, 0.3) is 0 Å². The fourth-order valence-corrected chi connectivity index (χ4v) is 2.11. The van der Waals surface area contributed by atoms with Crippen molar-refractivity contribution in [3.8, 4) is 0 Å². The average Bonchev–Trinajstić information content (AvgIpc) is 2.45. The predicted molar refractivity (Wildman–Crippen MR) is 76.9 cm³/mol. The largest absolute Gasteiger partial charge is 0.368 e. The number of primary amides is 1. The van der Waals surface area contributed by atoms with Crippen molar-refractivity contribution in [3.63, 3.8) is 0 Å². The van der Waals surface area contributed by atoms with Crippen LogP contribution < -0.4 is 11.1 Å². The topological polar surface area (TPSA) is 72.2 Å². The fourth-order valence-electron chi connectivity index (χ4n) is 2.11. The highest BCUT2D eigenvalue weighted by molar-refractivity contribution is 5.97. The second kappa shape index (κ2) is 7.12. The third kappa shape index (κ3) is 4.09. The maximum absolute atomic E-state index is 13.6. The maximum atomic E-state index is 13.6. The van der Waals surface area contributed by atoms with Crippen LogP contribution >= 0.6 is 0 Å². The number of hydrogen-bond donors (Lipinski definition) is 2. The third-order valence-electron chi connectivity index (χ3n) is 3.21. The minimum atomic E-state index is -1.42. The van der Waals surface area contributed by atoms with E-state index < -0.39 is 46.7 Å². The number of halogens is 4. The van der Waals surface area contributed by atoms with Crippen molar-refractivity contribution in [2.75, 3.05) is 0 Å². The lowest BCUT2D eigenvalue weighted by Gasteiger charge is -2.16. The molecule has 0 saturated heterocycles. The highest BCUT2D eigenvalue weighted by Crippen LogP contribution is 2.15. The summed E-state index contributed by atoms with van der Waals surface area (Å²) < 4.78 is 53.2. The Balaban J connectivity index is 2.22. The molecule has 0 aliphatic heterocycles. The first-order valence-corrected chi connectivity index (χ1v) is 6.77. The molecule has 4 nitrogen and oxygen atoms in total. The van der Waals surface area contributed by atoms with Gasteiger partial charge in [-0.15, -0.1) is 0 Å². The average molecular weight is 340 g/mol. The van der Waals surface area contributed by atoms with Crippen molar-refractivity contribution in [2.45, 2.75) is 12.5 Å². The number of carbonyl (C=O) groups excluding carboxylic acids is 2. The molecule has 0 radical (unpaired) electrons. The number of nitrogens with two attached hydrogens (primary N) is 1. The van der Waals surface area contributed by atoms with Crippen LogP contribution in [-0.2, 0) is 11.2 Å². The third-order valence-corrected chi connectivity index (χ3v) is 3.21. The van der Waals surface area contributed by atoms with E-state index in [9.17, 15) is 27.2 Å². The number of benzene rings is 2. The molecule has 0 aliphatic carbocycles. The van der Waals surface area contributed by atoms with Gasteiger partial charge in [-0.05, 0) is 17.7 Å². The van der Waals surface area contributed by atoms with Gasteiger partial charge in [0, 0.05) is 18.6 Å². The van der Waals surface area contributed by atoms with Crippen LogP contribution in [0, 0.1) is 23.3 Å². The molecule has 0 unspecified atom stereocenters. The van der Waals surface area contributed by atoms with Gasteiger partial charge in [0.2, 0.25) is 5.91 Å². The molecule has 0 aliphatic rings. The summed E-state index contributed by atoms with van der Waals surface area (Å²) in [6.45, 7) is 0. The minimum Gasteiger partial charge on any atom is -0.368 e. The van der Waals surface area contributed by atoms with Crippen molar-refractivity contribution in [1.29, 1.82) is 0 Å². The lowest BCUT2D eigenvalue weighted by atomic mass is 10.0. The van der Waals surface area contributed by atoms with E-state index in [1.165, 1.54) is 18.2 Å². The monoisotopic (exact) mass is 340 g/mol. The molecule has 126 valence electrons. The van der Waals surface area contributed by atoms with Crippen LogP contribution in [0.15, 0.2) is 36.4 Å². The summed E-state index contributed by atoms with van der Waals surface area (Å²) in [5, 5.41) is 2.06. The molecule has 0 spiro atoms. The van der Waals surface area contributed by atoms with Crippen LogP contribution in [0.2, 0.25) is 0 Å². The van der Waals surface area contributed by atoms with E-state index in [-0.39, 0.29) is 6.42 Å². The first kappa shape index (κ1) is 17.5. The normalized spacial score (nSPS) is 11.8. The molecule has 0 bridgehead atoms. The van der Waals surface area contributed by atoms with E-state index in [0.717, 1.165) is 6.07 Å². The molecule has 0 saturated carbocycles. The van der Waals surface area contributed by atoms with E-state index in [1.807, 2.05) is 0 Å². The van der Waals surface area contributed by atoms with Crippen molar-refractivity contribution >= 4 is 11.8 Å². The second-order valence-electron chi connectivity index (χ2n) is 5.01. The smallest absolute Gasteiger partial charge is 0.257 e. The number of hydrogen-bond acceptors (Lipinski definition) is 2. The molecule has 8 heteroatoms. The Kier molecular flexibility index (Phi) is 5.18. The summed E-state index contributed by atoms with van der Waals surface area (Å²) in [6.07, 6.45) is -0.177. The summed E-state index contributed by atoms with van der Waals surface area (Å²) in [5.41, 5.74) is 4.46. The van der Waals surface area contributed by atoms with Crippen LogP contribution in [0.5, 0.6) is 0 Å². The Bertz CT molecular complexity index is 772. The first-order valence-electron chi connectivity index (χ1n) is 6.77. The molecular weight excluding hydrogens is 328 g/mol. The predicted octanol–water partition coefficient (Wildman–Crippen LogP) is 2.07. The Morgan fingerprint density at radius 3 is 2.17 bits per heavy atom. The molecule has 2 amide bonds. The number of nitrogens with one attached hydrogen (secondary N) is 1. The van der Waals surface area contributed by atoms with Gasteiger partial charge in [-0.2, -0.15) is 0 Å². The number of rotatable bonds is 5. The standard InChI is InChI=1S/C16H12F4N2O2/c17-9-3-1-2-8(4-9)5-13(15(21)23)22-16(24)14-11(19)6-10(18)7-12(14)20/h1-4,6-7,13H,5H2,(H2,21,23)(H,22,24)/t13-/m1/s1. The van der Waals surface area contributed by atoms with Crippen LogP contribution in [0.4, 0.5) is 17.6 Å². The van der Waals surface area contributed by atoms with Gasteiger partial charge in [0.05, 0.1) is 0 Å². The Labute approximate surface area is 134 Å². The van der Waals surface area contributed by atoms with E-state index in [1.54, 1.807) is 0 Å². The molecule has 0 fully saturated rings. The summed E-state index contributed by atoms with van der Waals surface area (Å²) >= 11 is 0. The molecule has 24 heavy (non-hydrogen) atoms. The molecule has 2 aromatic carbocycles. The first-order chi connectivity index (χ1) is 11.3. The van der Waals surface area contributed by atoms with Crippen LogP contribution in [-0.4, -0.2) is 17.9 Å². The van der Waals surface area contributed by atoms with Crippen LogP contribution in [0.1, 0.15) is 15.9 Å². The molecule has 2 aromatic rings. The zero-order chi connectivity index (χ0) is 17.9. The second-order valence-corrected chi connectivity index (χ2v) is 5.01. The van der Waals surface area contributed by atoms with Crippen molar-refractivity contribution in [3.05, 3.63) is 70.8 Å². The zero-order valence-corrected chi connectivity index (χ0v) is 12.2. The number of carbonyl (C=O) groups is 2. The van der Waals surface area contributed by atoms with Gasteiger partial charge in [-0.25, -0.2) is 17.6 Å². The summed E-state index contributed by atoms with van der Waals surface area (Å²) in [6, 6.07) is 4.54. The van der Waals surface area contributed by atoms with Gasteiger partial charge < -0.3 is 11.1 Å². The van der Waals surface area contributed by atoms with E-state index in [2.05, 4.69) is 5.32 Å². The molecule has 3 N–H and O–H groups in total. The van der Waals surface area contributed by atoms with Gasteiger partial charge in [0.15, 0.2) is 0 Å². The highest BCUT2D eigenvalue weighted by Gasteiger charge is 2.24. The van der Waals surface area contributed by atoms with Crippen molar-refractivity contribution < 1.29 is 27.2 Å². The summed E-state index contributed by atoms with van der Waals surface area (Å²) in [4.78, 5) is 23.4. The van der Waals surface area contributed by atoms with E-state index in [0.29, 0.717) is 17.7 Å². The summed E-state index contributed by atoms with van der Waals surface area (Å²) in [5.74, 6) is -6.83. The zero-order valence-electron chi connectivity index (χ0n) is 12.2. The molecule has 0 heterocycles. The van der Waals surface area contributed by atoms with Crippen LogP contribution in [0.3, 0.4) is 0 Å². The minimum absolute atomic E-state index is 0.177. The lowest BCUT2D eigenvalue weighted by Crippen LogP contribution is -2.46. The summed E-state index contributed by atoms with van der Waals surface area (Å²) in [7, 11) is 0.